The molecule has 246 valence electrons. The van der Waals surface area contributed by atoms with Crippen molar-refractivity contribution in [1.82, 2.24) is 31.1 Å². The predicted octanol–water partition coefficient (Wildman–Crippen LogP) is 1.59. The highest BCUT2D eigenvalue weighted by atomic mass is 16.6. The Labute approximate surface area is 263 Å². The van der Waals surface area contributed by atoms with Crippen LogP contribution in [-0.2, 0) is 30.4 Å². The molecule has 0 aliphatic carbocycles. The van der Waals surface area contributed by atoms with E-state index in [1.54, 1.807) is 28.4 Å². The molecule has 0 radical (unpaired) electrons. The van der Waals surface area contributed by atoms with Crippen LogP contribution in [0.25, 0.3) is 10.9 Å². The number of piperidine rings is 1. The normalized spacial score (nSPS) is 23.6. The average molecular weight is 627 g/mol. The van der Waals surface area contributed by atoms with E-state index >= 15 is 0 Å². The van der Waals surface area contributed by atoms with Gasteiger partial charge in [0.1, 0.15) is 31.3 Å². The number of para-hydroxylation sites is 1. The van der Waals surface area contributed by atoms with Crippen LogP contribution in [0.5, 0.6) is 0 Å². The van der Waals surface area contributed by atoms with Crippen molar-refractivity contribution in [3.05, 3.63) is 36.0 Å². The van der Waals surface area contributed by atoms with Crippen molar-refractivity contribution in [3.63, 3.8) is 0 Å². The highest BCUT2D eigenvalue weighted by Gasteiger charge is 2.40. The number of unbranched alkanes of at least 4 members (excludes halogenated alkanes) is 2. The summed E-state index contributed by atoms with van der Waals surface area (Å²) >= 11 is 0. The minimum absolute atomic E-state index is 0.124. The summed E-state index contributed by atoms with van der Waals surface area (Å²) in [5.74, 6) is -2.36. The van der Waals surface area contributed by atoms with Gasteiger partial charge in [0, 0.05) is 31.0 Å². The summed E-state index contributed by atoms with van der Waals surface area (Å²) in [6.07, 6.45) is 6.49. The van der Waals surface area contributed by atoms with E-state index in [9.17, 15) is 24.0 Å². The second-order valence-electron chi connectivity index (χ2n) is 12.1. The fourth-order valence-electron chi connectivity index (χ4n) is 6.22. The molecular formula is C32H46N6O7. The Morgan fingerprint density at radius 3 is 2.49 bits per heavy atom. The third-order valence-electron chi connectivity index (χ3n) is 9.03. The summed E-state index contributed by atoms with van der Waals surface area (Å²) in [5.41, 5.74) is 3.18. The van der Waals surface area contributed by atoms with Crippen LogP contribution in [0.2, 0.25) is 0 Å². The number of nitrogens with zero attached hydrogens (tertiary/aromatic N) is 2. The maximum atomic E-state index is 14.0. The van der Waals surface area contributed by atoms with Crippen molar-refractivity contribution in [3.8, 4) is 0 Å². The molecule has 13 heteroatoms. The predicted molar refractivity (Wildman–Crippen MR) is 166 cm³/mol. The molecule has 45 heavy (non-hydrogen) atoms. The van der Waals surface area contributed by atoms with Crippen molar-refractivity contribution in [2.75, 3.05) is 13.7 Å². The first-order valence-corrected chi connectivity index (χ1v) is 16.0. The molecule has 2 aliphatic rings. The number of benzene rings is 1. The number of fused-ring (bicyclic) bond motifs is 2. The summed E-state index contributed by atoms with van der Waals surface area (Å²) < 4.78 is 1.60. The van der Waals surface area contributed by atoms with Crippen LogP contribution < -0.4 is 26.3 Å². The lowest BCUT2D eigenvalue weighted by Crippen LogP contribution is -2.64. The zero-order valence-electron chi connectivity index (χ0n) is 26.3. The van der Waals surface area contributed by atoms with Crippen LogP contribution in [0.3, 0.4) is 0 Å². The van der Waals surface area contributed by atoms with Crippen molar-refractivity contribution in [1.29, 1.82) is 0 Å². The topological polar surface area (TPSA) is 171 Å². The fourth-order valence-corrected chi connectivity index (χ4v) is 6.22. The number of amides is 5. The van der Waals surface area contributed by atoms with E-state index in [0.717, 1.165) is 29.3 Å². The second kappa shape index (κ2) is 15.7. The van der Waals surface area contributed by atoms with Crippen LogP contribution >= 0.6 is 0 Å². The number of rotatable bonds is 11. The molecule has 1 aromatic carbocycles. The van der Waals surface area contributed by atoms with E-state index in [1.165, 1.54) is 0 Å². The van der Waals surface area contributed by atoms with E-state index in [1.807, 2.05) is 38.1 Å². The van der Waals surface area contributed by atoms with Gasteiger partial charge in [-0.05, 0) is 49.7 Å². The Hall–Kier alpha value is -4.13. The third kappa shape index (κ3) is 8.13. The van der Waals surface area contributed by atoms with Gasteiger partial charge in [-0.3, -0.25) is 29.2 Å². The number of hydroxylamine groups is 1. The van der Waals surface area contributed by atoms with E-state index in [2.05, 4.69) is 16.0 Å². The molecule has 0 saturated carbocycles. The second-order valence-corrected chi connectivity index (χ2v) is 12.1. The van der Waals surface area contributed by atoms with Gasteiger partial charge >= 0.3 is 0 Å². The van der Waals surface area contributed by atoms with E-state index < -0.39 is 47.8 Å². The quantitative estimate of drug-likeness (QED) is 0.143. The molecule has 5 amide bonds. The number of carbonyl (C=O) groups is 5. The van der Waals surface area contributed by atoms with Crippen LogP contribution in [0.1, 0.15) is 77.2 Å². The molecule has 2 aromatic rings. The van der Waals surface area contributed by atoms with Gasteiger partial charge in [-0.1, -0.05) is 51.3 Å². The van der Waals surface area contributed by atoms with E-state index in [0.29, 0.717) is 38.6 Å². The van der Waals surface area contributed by atoms with Crippen molar-refractivity contribution in [2.45, 2.75) is 102 Å². The molecule has 0 spiro atoms. The van der Waals surface area contributed by atoms with Crippen LogP contribution in [0, 0.1) is 5.92 Å². The van der Waals surface area contributed by atoms with Crippen molar-refractivity contribution >= 4 is 40.4 Å². The first-order valence-electron chi connectivity index (χ1n) is 16.0. The van der Waals surface area contributed by atoms with Crippen molar-refractivity contribution < 1.29 is 34.0 Å². The molecule has 5 N–H and O–H groups in total. The summed E-state index contributed by atoms with van der Waals surface area (Å²) in [7, 11) is 1.54. The average Bonchev–Trinajstić information content (AvgIpc) is 3.41. The molecule has 2 aliphatic heterocycles. The van der Waals surface area contributed by atoms with Crippen molar-refractivity contribution in [2.24, 2.45) is 5.92 Å². The maximum Gasteiger partial charge on any atom is 0.246 e. The third-order valence-corrected chi connectivity index (χ3v) is 9.03. The largest absolute Gasteiger partial charge is 0.417 e. The molecule has 0 bridgehead atoms. The first kappa shape index (κ1) is 33.8. The van der Waals surface area contributed by atoms with Gasteiger partial charge < -0.3 is 25.7 Å². The van der Waals surface area contributed by atoms with E-state index in [4.69, 9.17) is 10.0 Å². The number of aromatic nitrogens is 1. The zero-order chi connectivity index (χ0) is 32.5. The number of hydrogen-bond donors (Lipinski definition) is 5. The first-order chi connectivity index (χ1) is 21.7. The summed E-state index contributed by atoms with van der Waals surface area (Å²) in [4.78, 5) is 74.0. The Morgan fingerprint density at radius 1 is 1.02 bits per heavy atom. The highest BCUT2D eigenvalue weighted by Crippen LogP contribution is 2.24. The molecule has 1 unspecified atom stereocenters. The monoisotopic (exact) mass is 626 g/mol. The maximum absolute atomic E-state index is 14.0. The number of carbonyl (C=O) groups excluding carboxylic acids is 5. The Morgan fingerprint density at radius 2 is 1.76 bits per heavy atom. The molecule has 5 atom stereocenters. The van der Waals surface area contributed by atoms with Gasteiger partial charge in [0.25, 0.3) is 0 Å². The van der Waals surface area contributed by atoms with Gasteiger partial charge in [0.2, 0.25) is 29.5 Å². The standard InChI is InChI=1S/C32H46N6O7/c1-4-20(2)28-32(43)37-17-11-10-15-26(37)31(42)33-23(13-6-5-7-16-27(39)36-44)29(40)34-24(30(41)35-28)18-21-19-38(45-3)25-14-9-8-12-22(21)25/h8-9,12,14,19-20,23-24,26,28,44H,4-7,10-11,13,15-18H2,1-3H3,(H,33,42)(H,34,40)(H,35,41)(H,36,39)/t20?,23-,24-,26-,28-/m1/s1. The molecular weight excluding hydrogens is 580 g/mol. The molecule has 2 saturated heterocycles. The lowest BCUT2D eigenvalue weighted by atomic mass is 9.93. The Kier molecular flexibility index (Phi) is 11.8. The lowest BCUT2D eigenvalue weighted by Gasteiger charge is -2.39. The Bertz CT molecular complexity index is 1380. The zero-order valence-corrected chi connectivity index (χ0v) is 26.3. The van der Waals surface area contributed by atoms with Gasteiger partial charge in [-0.15, -0.1) is 0 Å². The minimum Gasteiger partial charge on any atom is -0.417 e. The molecule has 13 nitrogen and oxygen atoms in total. The lowest BCUT2D eigenvalue weighted by molar-refractivity contribution is -0.147. The van der Waals surface area contributed by atoms with Gasteiger partial charge in [-0.2, -0.15) is 4.73 Å². The molecule has 4 rings (SSSR count). The Balaban J connectivity index is 1.66. The number of nitrogens with one attached hydrogen (secondary N) is 4. The molecule has 2 fully saturated rings. The van der Waals surface area contributed by atoms with E-state index in [-0.39, 0.29) is 31.1 Å². The fraction of sp³-hybridized carbons (Fsp3) is 0.594. The van der Waals surface area contributed by atoms with Crippen LogP contribution in [0.15, 0.2) is 30.5 Å². The van der Waals surface area contributed by atoms with Gasteiger partial charge in [0.05, 0.1) is 5.52 Å². The summed E-state index contributed by atoms with van der Waals surface area (Å²) in [6, 6.07) is 3.97. The minimum atomic E-state index is -1.04. The summed E-state index contributed by atoms with van der Waals surface area (Å²) in [5, 5.41) is 18.3. The van der Waals surface area contributed by atoms with Crippen LogP contribution in [0.4, 0.5) is 0 Å². The van der Waals surface area contributed by atoms with Gasteiger partial charge in [-0.25, -0.2) is 5.48 Å². The SMILES string of the molecule is CCC(C)[C@H]1NC(=O)[C@@H](Cc2cn(OC)c3ccccc23)NC(=O)[C@@H](CCCCCC(=O)NO)NC(=O)[C@H]2CCCCN2C1=O. The van der Waals surface area contributed by atoms with Gasteiger partial charge in [0.15, 0.2) is 0 Å². The van der Waals surface area contributed by atoms with Crippen LogP contribution in [-0.4, -0.2) is 82.2 Å². The molecule has 1 aromatic heterocycles. The number of hydrogen-bond acceptors (Lipinski definition) is 7. The highest BCUT2D eigenvalue weighted by molar-refractivity contribution is 5.98. The smallest absolute Gasteiger partial charge is 0.246 e. The molecule has 3 heterocycles. The summed E-state index contributed by atoms with van der Waals surface area (Å²) in [6.45, 7) is 4.23.